The van der Waals surface area contributed by atoms with Crippen LogP contribution in [0, 0.1) is 0 Å². The number of anilines is 1. The number of carbonyl (C=O) groups is 3. The number of fused-ring (bicyclic) bond motifs is 3. The number of carbonyl (C=O) groups excluding carboxylic acids is 2. The molecule has 3 N–H and O–H groups in total. The van der Waals surface area contributed by atoms with Gasteiger partial charge in [0.2, 0.25) is 5.91 Å². The maximum atomic E-state index is 13.0. The first-order valence-corrected chi connectivity index (χ1v) is 12.9. The number of nitrogens with one attached hydrogen (secondary N) is 2. The van der Waals surface area contributed by atoms with Crippen molar-refractivity contribution in [1.82, 2.24) is 5.32 Å². The molecule has 202 valence electrons. The quantitative estimate of drug-likeness (QED) is 0.244. The summed E-state index contributed by atoms with van der Waals surface area (Å²) in [5.41, 5.74) is 5.66. The monoisotopic (exact) mass is 536 g/mol. The molecule has 1 unspecified atom stereocenters. The van der Waals surface area contributed by atoms with Crippen LogP contribution in [0.15, 0.2) is 103 Å². The van der Waals surface area contributed by atoms with Crippen LogP contribution in [-0.4, -0.2) is 35.7 Å². The van der Waals surface area contributed by atoms with Gasteiger partial charge in [0.25, 0.3) is 0 Å². The fraction of sp³-hybridized carbons (Fsp3) is 0.156. The molecule has 0 saturated carbocycles. The second-order valence-electron chi connectivity index (χ2n) is 9.41. The van der Waals surface area contributed by atoms with Gasteiger partial charge in [0.15, 0.2) is 0 Å². The smallest absolute Gasteiger partial charge is 0.407 e. The number of carboxylic acids is 1. The molecule has 0 aromatic heterocycles. The van der Waals surface area contributed by atoms with E-state index in [9.17, 15) is 19.5 Å². The lowest BCUT2D eigenvalue weighted by Gasteiger charge is -2.19. The lowest BCUT2D eigenvalue weighted by Crippen LogP contribution is -2.45. The molecule has 8 heteroatoms. The van der Waals surface area contributed by atoms with Crippen molar-refractivity contribution in [2.75, 3.05) is 11.9 Å². The molecule has 0 radical (unpaired) electrons. The summed E-state index contributed by atoms with van der Waals surface area (Å²) < 4.78 is 11.3. The van der Waals surface area contributed by atoms with Crippen molar-refractivity contribution in [3.8, 4) is 16.9 Å². The predicted octanol–water partition coefficient (Wildman–Crippen LogP) is 5.59. The number of hydrogen-bond donors (Lipinski definition) is 3. The van der Waals surface area contributed by atoms with Crippen LogP contribution in [0.1, 0.15) is 29.0 Å². The van der Waals surface area contributed by atoms with Crippen LogP contribution < -0.4 is 15.4 Å². The number of ether oxygens (including phenoxy) is 2. The number of rotatable bonds is 10. The van der Waals surface area contributed by atoms with Crippen LogP contribution in [0.3, 0.4) is 0 Å². The second-order valence-corrected chi connectivity index (χ2v) is 9.41. The largest absolute Gasteiger partial charge is 0.489 e. The molecule has 0 heterocycles. The summed E-state index contributed by atoms with van der Waals surface area (Å²) in [5.74, 6) is -1.56. The molecule has 4 aromatic rings. The highest BCUT2D eigenvalue weighted by Gasteiger charge is 2.30. The van der Waals surface area contributed by atoms with Crippen LogP contribution in [0.25, 0.3) is 11.1 Å². The molecular weight excluding hydrogens is 508 g/mol. The highest BCUT2D eigenvalue weighted by Crippen LogP contribution is 2.44. The first kappa shape index (κ1) is 26.5. The second kappa shape index (κ2) is 12.2. The third-order valence-corrected chi connectivity index (χ3v) is 6.68. The fourth-order valence-electron chi connectivity index (χ4n) is 4.80. The topological polar surface area (TPSA) is 114 Å². The van der Waals surface area contributed by atoms with E-state index in [1.54, 1.807) is 24.3 Å². The summed E-state index contributed by atoms with van der Waals surface area (Å²) in [6.45, 7) is 0.394. The van der Waals surface area contributed by atoms with Crippen LogP contribution in [0.4, 0.5) is 10.5 Å². The highest BCUT2D eigenvalue weighted by atomic mass is 16.5. The van der Waals surface area contributed by atoms with E-state index in [4.69, 9.17) is 9.47 Å². The molecule has 0 aliphatic heterocycles. The van der Waals surface area contributed by atoms with Crippen molar-refractivity contribution in [1.29, 1.82) is 0 Å². The van der Waals surface area contributed by atoms with Crippen LogP contribution in [-0.2, 0) is 20.9 Å². The number of amides is 2. The summed E-state index contributed by atoms with van der Waals surface area (Å²) in [5, 5.41) is 14.4. The minimum absolute atomic E-state index is 0.0437. The molecule has 8 nitrogen and oxygen atoms in total. The molecule has 0 bridgehead atoms. The van der Waals surface area contributed by atoms with Gasteiger partial charge in [-0.1, -0.05) is 84.9 Å². The van der Waals surface area contributed by atoms with E-state index < -0.39 is 30.4 Å². The van der Waals surface area contributed by atoms with Gasteiger partial charge in [-0.3, -0.25) is 9.59 Å². The minimum Gasteiger partial charge on any atom is -0.489 e. The Kier molecular flexibility index (Phi) is 8.06. The number of alkyl carbamates (subject to hydrolysis) is 1. The van der Waals surface area contributed by atoms with Crippen molar-refractivity contribution in [2.24, 2.45) is 0 Å². The highest BCUT2D eigenvalue weighted by molar-refractivity contribution is 5.98. The molecule has 1 atom stereocenters. The zero-order valence-electron chi connectivity index (χ0n) is 21.6. The van der Waals surface area contributed by atoms with E-state index in [-0.39, 0.29) is 12.5 Å². The number of carboxylic acid groups (broad SMARTS) is 1. The van der Waals surface area contributed by atoms with Gasteiger partial charge in [0, 0.05) is 17.7 Å². The summed E-state index contributed by atoms with van der Waals surface area (Å²) in [7, 11) is 0. The molecule has 1 aliphatic carbocycles. The van der Waals surface area contributed by atoms with Crippen molar-refractivity contribution in [3.63, 3.8) is 0 Å². The summed E-state index contributed by atoms with van der Waals surface area (Å²) >= 11 is 0. The Balaban J connectivity index is 1.20. The lowest BCUT2D eigenvalue weighted by molar-refractivity contribution is -0.139. The zero-order chi connectivity index (χ0) is 27.9. The molecule has 0 saturated heterocycles. The molecule has 40 heavy (non-hydrogen) atoms. The van der Waals surface area contributed by atoms with Crippen molar-refractivity contribution < 1.29 is 29.0 Å². The molecule has 0 spiro atoms. The van der Waals surface area contributed by atoms with Gasteiger partial charge in [-0.05, 0) is 39.9 Å². The molecule has 1 aliphatic rings. The fourth-order valence-corrected chi connectivity index (χ4v) is 4.80. The Labute approximate surface area is 231 Å². The maximum absolute atomic E-state index is 13.0. The average Bonchev–Trinajstić information content (AvgIpc) is 3.29. The summed E-state index contributed by atoms with van der Waals surface area (Å²) in [6.07, 6.45) is -1.48. The van der Waals surface area contributed by atoms with Crippen molar-refractivity contribution >= 4 is 23.7 Å². The Morgan fingerprint density at radius 2 is 1.45 bits per heavy atom. The Morgan fingerprint density at radius 1 is 0.800 bits per heavy atom. The van der Waals surface area contributed by atoms with E-state index in [2.05, 4.69) is 10.6 Å². The number of benzene rings is 4. The molecule has 4 aromatic carbocycles. The lowest BCUT2D eigenvalue weighted by atomic mass is 9.98. The standard InChI is InChI=1S/C32H28N2O6/c35-30(36)18-29(31(37)33-22-11-8-12-23(17-22)39-19-21-9-2-1-3-10-21)34-32(38)40-20-28-26-15-6-4-13-24(26)25-14-5-7-16-27(25)28/h1-17,28-29H,18-20H2,(H,33,37)(H,34,38)(H,35,36). The molecular formula is C32H28N2O6. The number of hydrogen-bond acceptors (Lipinski definition) is 5. The third kappa shape index (κ3) is 6.30. The number of aliphatic carboxylic acids is 1. The first-order valence-electron chi connectivity index (χ1n) is 12.9. The van der Waals surface area contributed by atoms with Gasteiger partial charge < -0.3 is 25.2 Å². The third-order valence-electron chi connectivity index (χ3n) is 6.68. The van der Waals surface area contributed by atoms with Crippen molar-refractivity contribution in [2.45, 2.75) is 25.0 Å². The molecule has 2 amide bonds. The Hall–Kier alpha value is -5.11. The van der Waals surface area contributed by atoms with Gasteiger partial charge in [-0.2, -0.15) is 0 Å². The van der Waals surface area contributed by atoms with Gasteiger partial charge in [-0.15, -0.1) is 0 Å². The zero-order valence-corrected chi connectivity index (χ0v) is 21.6. The Bertz CT molecular complexity index is 1480. The van der Waals surface area contributed by atoms with E-state index >= 15 is 0 Å². The van der Waals surface area contributed by atoms with E-state index in [1.807, 2.05) is 78.9 Å². The van der Waals surface area contributed by atoms with Gasteiger partial charge in [0.05, 0.1) is 6.42 Å². The van der Waals surface area contributed by atoms with E-state index in [1.165, 1.54) is 0 Å². The van der Waals surface area contributed by atoms with Crippen LogP contribution in [0.2, 0.25) is 0 Å². The first-order chi connectivity index (χ1) is 19.5. The average molecular weight is 537 g/mol. The molecule has 0 fully saturated rings. The minimum atomic E-state index is -1.35. The van der Waals surface area contributed by atoms with Crippen molar-refractivity contribution in [3.05, 3.63) is 120 Å². The summed E-state index contributed by atoms with van der Waals surface area (Å²) in [4.78, 5) is 37.2. The normalized spacial score (nSPS) is 12.5. The predicted molar refractivity (Wildman–Crippen MR) is 150 cm³/mol. The van der Waals surface area contributed by atoms with Gasteiger partial charge >= 0.3 is 12.1 Å². The van der Waals surface area contributed by atoms with E-state index in [0.717, 1.165) is 27.8 Å². The summed E-state index contributed by atoms with van der Waals surface area (Å²) in [6, 6.07) is 30.9. The molecule has 5 rings (SSSR count). The van der Waals surface area contributed by atoms with Gasteiger partial charge in [-0.25, -0.2) is 4.79 Å². The van der Waals surface area contributed by atoms with Gasteiger partial charge in [0.1, 0.15) is 25.0 Å². The van der Waals surface area contributed by atoms with E-state index in [0.29, 0.717) is 18.0 Å². The Morgan fingerprint density at radius 3 is 2.12 bits per heavy atom. The van der Waals surface area contributed by atoms with Crippen LogP contribution in [0.5, 0.6) is 5.75 Å². The van der Waals surface area contributed by atoms with Crippen LogP contribution >= 0.6 is 0 Å². The maximum Gasteiger partial charge on any atom is 0.407 e. The SMILES string of the molecule is O=C(O)CC(NC(=O)OCC1c2ccccc2-c2ccccc21)C(=O)Nc1cccc(OCc2ccccc2)c1.